The minimum atomic E-state index is 0.142. The summed E-state index contributed by atoms with van der Waals surface area (Å²) in [7, 11) is 3.92. The Labute approximate surface area is 275 Å². The van der Waals surface area contributed by atoms with Crippen LogP contribution in [0.3, 0.4) is 0 Å². The maximum Gasteiger partial charge on any atom is 0.253 e. The molecule has 2 aliphatic heterocycles. The van der Waals surface area contributed by atoms with Crippen molar-refractivity contribution in [1.82, 2.24) is 24.2 Å². The molecule has 244 valence electrons. The number of carbonyl (C=O) groups excluding carboxylic acids is 1. The van der Waals surface area contributed by atoms with E-state index < -0.39 is 0 Å². The molecule has 0 atom stereocenters. The number of hydrogen-bond acceptors (Lipinski definition) is 5. The SMILES string of the molecule is COc1ccc(CCN2CCN(C(=O)c3ccc(Cc4ccc5c(c4)c(C)c(C)n5CCCN4CCN(C)CC4)cc3)CC2)cc1. The summed E-state index contributed by atoms with van der Waals surface area (Å²) in [5.41, 5.74) is 8.76. The quantitative estimate of drug-likeness (QED) is 0.222. The second-order valence-electron chi connectivity index (χ2n) is 13.3. The molecule has 7 nitrogen and oxygen atoms in total. The van der Waals surface area contributed by atoms with Gasteiger partial charge in [0.1, 0.15) is 5.75 Å². The molecule has 2 aliphatic rings. The van der Waals surface area contributed by atoms with Crippen LogP contribution in [0.15, 0.2) is 66.7 Å². The van der Waals surface area contributed by atoms with Gasteiger partial charge in [0, 0.05) is 87.6 Å². The van der Waals surface area contributed by atoms with Crippen LogP contribution in [0.25, 0.3) is 10.9 Å². The number of aromatic nitrogens is 1. The standard InChI is InChI=1S/C39H51N5O2/c1-30-31(2)44(18-5-17-41-22-20-40(3)21-23-41)38-15-10-34(29-37(30)38)28-33-6-11-35(12-7-33)39(45)43-26-24-42(25-27-43)19-16-32-8-13-36(46-4)14-9-32/h6-15,29H,5,16-28H2,1-4H3. The fourth-order valence-corrected chi connectivity index (χ4v) is 7.06. The summed E-state index contributed by atoms with van der Waals surface area (Å²) < 4.78 is 7.78. The molecule has 0 saturated carbocycles. The second-order valence-corrected chi connectivity index (χ2v) is 13.3. The van der Waals surface area contributed by atoms with E-state index in [0.717, 1.165) is 63.4 Å². The minimum absolute atomic E-state index is 0.142. The van der Waals surface area contributed by atoms with Crippen LogP contribution in [0.5, 0.6) is 5.75 Å². The number of piperazine rings is 2. The van der Waals surface area contributed by atoms with Gasteiger partial charge < -0.3 is 24.0 Å². The van der Waals surface area contributed by atoms with Gasteiger partial charge in [-0.3, -0.25) is 9.69 Å². The van der Waals surface area contributed by atoms with Gasteiger partial charge in [-0.05, 0) is 105 Å². The first-order valence-electron chi connectivity index (χ1n) is 17.1. The number of nitrogens with zero attached hydrogens (tertiary/aromatic N) is 5. The predicted molar refractivity (Wildman–Crippen MR) is 188 cm³/mol. The molecule has 3 heterocycles. The minimum Gasteiger partial charge on any atom is -0.497 e. The molecule has 0 unspecified atom stereocenters. The van der Waals surface area contributed by atoms with Crippen LogP contribution < -0.4 is 4.74 Å². The predicted octanol–water partition coefficient (Wildman–Crippen LogP) is 5.50. The maximum absolute atomic E-state index is 13.3. The van der Waals surface area contributed by atoms with E-state index in [9.17, 15) is 4.79 Å². The summed E-state index contributed by atoms with van der Waals surface area (Å²) in [6.07, 6.45) is 3.06. The summed E-state index contributed by atoms with van der Waals surface area (Å²) in [5, 5.41) is 1.37. The Bertz CT molecular complexity index is 1590. The Morgan fingerprint density at radius 1 is 0.717 bits per heavy atom. The van der Waals surface area contributed by atoms with Crippen LogP contribution in [0.2, 0.25) is 0 Å². The lowest BCUT2D eigenvalue weighted by Crippen LogP contribution is -2.49. The van der Waals surface area contributed by atoms with Crippen molar-refractivity contribution in [3.63, 3.8) is 0 Å². The highest BCUT2D eigenvalue weighted by atomic mass is 16.5. The lowest BCUT2D eigenvalue weighted by Gasteiger charge is -2.34. The first-order chi connectivity index (χ1) is 22.4. The third-order valence-electron chi connectivity index (χ3n) is 10.3. The molecule has 4 aromatic rings. The van der Waals surface area contributed by atoms with Crippen LogP contribution in [0, 0.1) is 13.8 Å². The molecule has 0 aliphatic carbocycles. The highest BCUT2D eigenvalue weighted by molar-refractivity contribution is 5.94. The Balaban J connectivity index is 0.998. The molecular formula is C39H51N5O2. The van der Waals surface area contributed by atoms with Crippen molar-refractivity contribution in [3.8, 4) is 5.75 Å². The fourth-order valence-electron chi connectivity index (χ4n) is 7.06. The molecule has 2 saturated heterocycles. The third-order valence-corrected chi connectivity index (χ3v) is 10.3. The molecular weight excluding hydrogens is 570 g/mol. The molecule has 0 bridgehead atoms. The van der Waals surface area contributed by atoms with Crippen LogP contribution in [0.1, 0.15) is 44.7 Å². The van der Waals surface area contributed by atoms with Crippen molar-refractivity contribution in [2.24, 2.45) is 0 Å². The smallest absolute Gasteiger partial charge is 0.253 e. The van der Waals surface area contributed by atoms with Crippen molar-refractivity contribution < 1.29 is 9.53 Å². The normalized spacial score (nSPS) is 16.7. The van der Waals surface area contributed by atoms with Gasteiger partial charge >= 0.3 is 0 Å². The Hall–Kier alpha value is -3.65. The van der Waals surface area contributed by atoms with Gasteiger partial charge in [-0.25, -0.2) is 0 Å². The number of aryl methyl sites for hydroxylation is 2. The van der Waals surface area contributed by atoms with E-state index in [1.807, 2.05) is 29.2 Å². The number of ether oxygens (including phenoxy) is 1. The van der Waals surface area contributed by atoms with Crippen LogP contribution in [-0.4, -0.2) is 110 Å². The molecule has 6 rings (SSSR count). The zero-order chi connectivity index (χ0) is 32.0. The monoisotopic (exact) mass is 621 g/mol. The first kappa shape index (κ1) is 32.3. The lowest BCUT2D eigenvalue weighted by atomic mass is 10.0. The van der Waals surface area contributed by atoms with Gasteiger partial charge in [0.15, 0.2) is 0 Å². The maximum atomic E-state index is 13.3. The zero-order valence-electron chi connectivity index (χ0n) is 28.3. The summed E-state index contributed by atoms with van der Waals surface area (Å²) in [5.74, 6) is 1.03. The van der Waals surface area contributed by atoms with Crippen molar-refractivity contribution in [3.05, 3.63) is 100 Å². The Kier molecular flexibility index (Phi) is 10.4. The topological polar surface area (TPSA) is 44.2 Å². The summed E-state index contributed by atoms with van der Waals surface area (Å²) in [6.45, 7) is 15.9. The van der Waals surface area contributed by atoms with Crippen LogP contribution in [0.4, 0.5) is 0 Å². The number of benzene rings is 3. The van der Waals surface area contributed by atoms with Gasteiger partial charge in [-0.1, -0.05) is 30.3 Å². The van der Waals surface area contributed by atoms with Crippen LogP contribution >= 0.6 is 0 Å². The summed E-state index contributed by atoms with van der Waals surface area (Å²) in [4.78, 5) is 22.8. The summed E-state index contributed by atoms with van der Waals surface area (Å²) >= 11 is 0. The highest BCUT2D eigenvalue weighted by Gasteiger charge is 2.22. The van der Waals surface area contributed by atoms with Crippen molar-refractivity contribution in [2.45, 2.75) is 39.7 Å². The second kappa shape index (κ2) is 14.8. The average Bonchev–Trinajstić information content (AvgIpc) is 3.33. The lowest BCUT2D eigenvalue weighted by molar-refractivity contribution is 0.0638. The van der Waals surface area contributed by atoms with Crippen LogP contribution in [-0.2, 0) is 19.4 Å². The number of methoxy groups -OCH3 is 1. The summed E-state index contributed by atoms with van der Waals surface area (Å²) in [6, 6.07) is 23.6. The van der Waals surface area contributed by atoms with E-state index in [1.54, 1.807) is 7.11 Å². The number of rotatable bonds is 11. The molecule has 2 fully saturated rings. The van der Waals surface area contributed by atoms with E-state index in [2.05, 4.69) is 82.6 Å². The van der Waals surface area contributed by atoms with E-state index in [1.165, 1.54) is 78.0 Å². The molecule has 0 spiro atoms. The molecule has 3 aromatic carbocycles. The number of fused-ring (bicyclic) bond motifs is 1. The van der Waals surface area contributed by atoms with Gasteiger partial charge in [0.25, 0.3) is 5.91 Å². The number of carbonyl (C=O) groups is 1. The van der Waals surface area contributed by atoms with Crippen molar-refractivity contribution in [1.29, 1.82) is 0 Å². The van der Waals surface area contributed by atoms with Crippen molar-refractivity contribution in [2.75, 3.05) is 79.6 Å². The van der Waals surface area contributed by atoms with Gasteiger partial charge in [0.2, 0.25) is 0 Å². The van der Waals surface area contributed by atoms with E-state index >= 15 is 0 Å². The zero-order valence-corrected chi connectivity index (χ0v) is 28.3. The number of likely N-dealkylation sites (N-methyl/N-ethyl adjacent to an activating group) is 1. The average molecular weight is 622 g/mol. The van der Waals surface area contributed by atoms with Gasteiger partial charge in [0.05, 0.1) is 7.11 Å². The first-order valence-corrected chi connectivity index (χ1v) is 17.1. The Morgan fingerprint density at radius 2 is 1.35 bits per heavy atom. The fraction of sp³-hybridized carbons (Fsp3) is 0.462. The molecule has 7 heteroatoms. The molecule has 1 aromatic heterocycles. The van der Waals surface area contributed by atoms with Gasteiger partial charge in [-0.15, -0.1) is 0 Å². The van der Waals surface area contributed by atoms with E-state index in [4.69, 9.17) is 4.74 Å². The Morgan fingerprint density at radius 3 is 2.04 bits per heavy atom. The van der Waals surface area contributed by atoms with Gasteiger partial charge in [-0.2, -0.15) is 0 Å². The van der Waals surface area contributed by atoms with Crippen molar-refractivity contribution >= 4 is 16.8 Å². The van der Waals surface area contributed by atoms with E-state index in [-0.39, 0.29) is 5.91 Å². The van der Waals surface area contributed by atoms with E-state index in [0.29, 0.717) is 0 Å². The molecule has 46 heavy (non-hydrogen) atoms. The molecule has 1 amide bonds. The largest absolute Gasteiger partial charge is 0.497 e. The number of amides is 1. The molecule has 0 N–H and O–H groups in total. The molecule has 0 radical (unpaired) electrons. The highest BCUT2D eigenvalue weighted by Crippen LogP contribution is 2.28. The number of hydrogen-bond donors (Lipinski definition) is 0. The third kappa shape index (κ3) is 7.65.